The van der Waals surface area contributed by atoms with E-state index < -0.39 is 5.54 Å². The Hall–Kier alpha value is -1.49. The molecule has 21 heavy (non-hydrogen) atoms. The summed E-state index contributed by atoms with van der Waals surface area (Å²) in [5.74, 6) is -0.126. The van der Waals surface area contributed by atoms with Crippen molar-refractivity contribution < 1.29 is 14.3 Å². The predicted octanol–water partition coefficient (Wildman–Crippen LogP) is 2.77. The molecule has 2 rings (SSSR count). The van der Waals surface area contributed by atoms with Gasteiger partial charge in [-0.3, -0.25) is 4.79 Å². The molecule has 0 heterocycles. The zero-order chi connectivity index (χ0) is 15.1. The SMILES string of the molecule is COC(=O)C1(NC(=O)CSc2ccccc2)CCCCC1. The quantitative estimate of drug-likeness (QED) is 0.671. The van der Waals surface area contributed by atoms with Crippen LogP contribution in [-0.4, -0.2) is 30.3 Å². The average Bonchev–Trinajstić information content (AvgIpc) is 2.54. The molecule has 0 radical (unpaired) electrons. The van der Waals surface area contributed by atoms with Gasteiger partial charge in [-0.1, -0.05) is 37.5 Å². The van der Waals surface area contributed by atoms with Crippen molar-refractivity contribution in [1.29, 1.82) is 0 Å². The van der Waals surface area contributed by atoms with E-state index in [9.17, 15) is 9.59 Å². The van der Waals surface area contributed by atoms with Gasteiger partial charge < -0.3 is 10.1 Å². The van der Waals surface area contributed by atoms with Crippen LogP contribution in [0.2, 0.25) is 0 Å². The van der Waals surface area contributed by atoms with Crippen molar-refractivity contribution in [2.24, 2.45) is 0 Å². The first-order valence-corrected chi connectivity index (χ1v) is 8.22. The van der Waals surface area contributed by atoms with E-state index in [0.717, 1.165) is 24.2 Å². The monoisotopic (exact) mass is 307 g/mol. The maximum Gasteiger partial charge on any atom is 0.331 e. The van der Waals surface area contributed by atoms with Crippen LogP contribution >= 0.6 is 11.8 Å². The second-order valence-corrected chi connectivity index (χ2v) is 6.33. The van der Waals surface area contributed by atoms with Gasteiger partial charge in [0.2, 0.25) is 5.91 Å². The molecule has 0 aliphatic heterocycles. The Labute approximate surface area is 129 Å². The van der Waals surface area contributed by atoms with Crippen LogP contribution in [0.1, 0.15) is 32.1 Å². The lowest BCUT2D eigenvalue weighted by molar-refractivity contribution is -0.152. The van der Waals surface area contributed by atoms with E-state index >= 15 is 0 Å². The van der Waals surface area contributed by atoms with Crippen LogP contribution in [0.5, 0.6) is 0 Å². The molecule has 0 aromatic heterocycles. The van der Waals surface area contributed by atoms with Crippen LogP contribution in [-0.2, 0) is 14.3 Å². The smallest absolute Gasteiger partial charge is 0.331 e. The number of benzene rings is 1. The Balaban J connectivity index is 1.93. The summed E-state index contributed by atoms with van der Waals surface area (Å²) in [6.45, 7) is 0. The Morgan fingerprint density at radius 2 is 1.86 bits per heavy atom. The van der Waals surface area contributed by atoms with Gasteiger partial charge in [-0.25, -0.2) is 4.79 Å². The maximum atomic E-state index is 12.2. The maximum absolute atomic E-state index is 12.2. The first-order chi connectivity index (χ1) is 10.2. The van der Waals surface area contributed by atoms with Gasteiger partial charge >= 0.3 is 5.97 Å². The van der Waals surface area contributed by atoms with Crippen molar-refractivity contribution >= 4 is 23.6 Å². The van der Waals surface area contributed by atoms with E-state index in [-0.39, 0.29) is 11.9 Å². The van der Waals surface area contributed by atoms with E-state index in [1.54, 1.807) is 0 Å². The molecule has 1 saturated carbocycles. The molecule has 0 atom stereocenters. The fraction of sp³-hybridized carbons (Fsp3) is 0.500. The lowest BCUT2D eigenvalue weighted by Gasteiger charge is -2.35. The van der Waals surface area contributed by atoms with E-state index in [2.05, 4.69) is 5.32 Å². The predicted molar refractivity (Wildman–Crippen MR) is 83.1 cm³/mol. The molecule has 0 bridgehead atoms. The fourth-order valence-corrected chi connectivity index (χ4v) is 3.42. The third-order valence-electron chi connectivity index (χ3n) is 3.78. The standard InChI is InChI=1S/C16H21NO3S/c1-20-15(19)16(10-6-3-7-11-16)17-14(18)12-21-13-8-4-2-5-9-13/h2,4-5,8-9H,3,6-7,10-12H2,1H3,(H,17,18). The highest BCUT2D eigenvalue weighted by Gasteiger charge is 2.41. The molecular weight excluding hydrogens is 286 g/mol. The molecule has 1 aromatic carbocycles. The second kappa shape index (κ2) is 7.50. The molecule has 1 fully saturated rings. The van der Waals surface area contributed by atoms with Crippen LogP contribution in [0.25, 0.3) is 0 Å². The minimum Gasteiger partial charge on any atom is -0.467 e. The Morgan fingerprint density at radius 1 is 1.19 bits per heavy atom. The summed E-state index contributed by atoms with van der Waals surface area (Å²) >= 11 is 1.47. The third kappa shape index (κ3) is 4.24. The number of hydrogen-bond donors (Lipinski definition) is 1. The van der Waals surface area contributed by atoms with Gasteiger partial charge in [0.15, 0.2) is 0 Å². The molecular formula is C16H21NO3S. The van der Waals surface area contributed by atoms with Gasteiger partial charge in [-0.05, 0) is 25.0 Å². The molecule has 0 saturated heterocycles. The zero-order valence-corrected chi connectivity index (χ0v) is 13.1. The second-order valence-electron chi connectivity index (χ2n) is 5.28. The summed E-state index contributed by atoms with van der Waals surface area (Å²) < 4.78 is 4.90. The number of carbonyl (C=O) groups is 2. The molecule has 114 valence electrons. The van der Waals surface area contributed by atoms with Gasteiger partial charge in [0, 0.05) is 4.90 Å². The van der Waals surface area contributed by atoms with Crippen molar-refractivity contribution in [3.8, 4) is 0 Å². The van der Waals surface area contributed by atoms with Crippen molar-refractivity contribution in [3.63, 3.8) is 0 Å². The minimum absolute atomic E-state index is 0.115. The van der Waals surface area contributed by atoms with Gasteiger partial charge in [0.05, 0.1) is 12.9 Å². The summed E-state index contributed by atoms with van der Waals surface area (Å²) in [6, 6.07) is 9.76. The highest BCUT2D eigenvalue weighted by molar-refractivity contribution is 8.00. The normalized spacial score (nSPS) is 17.0. The van der Waals surface area contributed by atoms with Crippen molar-refractivity contribution in [1.82, 2.24) is 5.32 Å². The topological polar surface area (TPSA) is 55.4 Å². The summed E-state index contributed by atoms with van der Waals surface area (Å²) in [6.07, 6.45) is 4.33. The minimum atomic E-state index is -0.818. The van der Waals surface area contributed by atoms with Crippen molar-refractivity contribution in [3.05, 3.63) is 30.3 Å². The molecule has 1 aliphatic carbocycles. The number of nitrogens with one attached hydrogen (secondary N) is 1. The molecule has 0 spiro atoms. The van der Waals surface area contributed by atoms with Crippen molar-refractivity contribution in [2.75, 3.05) is 12.9 Å². The Morgan fingerprint density at radius 3 is 2.48 bits per heavy atom. The van der Waals surface area contributed by atoms with E-state index in [1.165, 1.54) is 18.9 Å². The number of ether oxygens (including phenoxy) is 1. The first-order valence-electron chi connectivity index (χ1n) is 7.23. The van der Waals surface area contributed by atoms with Gasteiger partial charge in [0.25, 0.3) is 0 Å². The highest BCUT2D eigenvalue weighted by atomic mass is 32.2. The summed E-state index contributed by atoms with van der Waals surface area (Å²) in [5.41, 5.74) is -0.818. The summed E-state index contributed by atoms with van der Waals surface area (Å²) in [5, 5.41) is 2.92. The largest absolute Gasteiger partial charge is 0.467 e. The average molecular weight is 307 g/mol. The lowest BCUT2D eigenvalue weighted by atomic mass is 9.81. The van der Waals surface area contributed by atoms with Crippen LogP contribution in [0.4, 0.5) is 0 Å². The van der Waals surface area contributed by atoms with Gasteiger partial charge in [-0.2, -0.15) is 0 Å². The van der Waals surface area contributed by atoms with Crippen molar-refractivity contribution in [2.45, 2.75) is 42.5 Å². The van der Waals surface area contributed by atoms with Gasteiger partial charge in [-0.15, -0.1) is 11.8 Å². The fourth-order valence-electron chi connectivity index (χ4n) is 2.70. The molecule has 4 nitrogen and oxygen atoms in total. The van der Waals surface area contributed by atoms with Gasteiger partial charge in [0.1, 0.15) is 5.54 Å². The summed E-state index contributed by atoms with van der Waals surface area (Å²) in [4.78, 5) is 25.3. The molecule has 1 aliphatic rings. The third-order valence-corrected chi connectivity index (χ3v) is 4.79. The molecule has 5 heteroatoms. The highest BCUT2D eigenvalue weighted by Crippen LogP contribution is 2.29. The first kappa shape index (κ1) is 15.9. The summed E-state index contributed by atoms with van der Waals surface area (Å²) in [7, 11) is 1.38. The number of rotatable bonds is 5. The molecule has 0 unspecified atom stereocenters. The van der Waals surface area contributed by atoms with Crippen LogP contribution in [0.15, 0.2) is 35.2 Å². The van der Waals surface area contributed by atoms with Crippen LogP contribution in [0, 0.1) is 0 Å². The molecule has 1 aromatic rings. The van der Waals surface area contributed by atoms with E-state index in [1.807, 2.05) is 30.3 Å². The molecule has 1 N–H and O–H groups in total. The number of methoxy groups -OCH3 is 1. The van der Waals surface area contributed by atoms with Crippen LogP contribution < -0.4 is 5.32 Å². The Bertz CT molecular complexity index is 484. The zero-order valence-electron chi connectivity index (χ0n) is 12.3. The van der Waals surface area contributed by atoms with Crippen LogP contribution in [0.3, 0.4) is 0 Å². The lowest BCUT2D eigenvalue weighted by Crippen LogP contribution is -2.56. The number of esters is 1. The number of carbonyl (C=O) groups excluding carboxylic acids is 2. The number of amides is 1. The molecule has 1 amide bonds. The number of hydrogen-bond acceptors (Lipinski definition) is 4. The van der Waals surface area contributed by atoms with E-state index in [0.29, 0.717) is 18.6 Å². The number of thioether (sulfide) groups is 1. The van der Waals surface area contributed by atoms with E-state index in [4.69, 9.17) is 4.74 Å². The Kier molecular flexibility index (Phi) is 5.67.